The average Bonchev–Trinajstić information content (AvgIpc) is 2.20. The van der Waals surface area contributed by atoms with Crippen LogP contribution in [0.5, 0.6) is 5.75 Å². The summed E-state index contributed by atoms with van der Waals surface area (Å²) in [4.78, 5) is 11.1. The molecule has 1 N–H and O–H groups in total. The highest BCUT2D eigenvalue weighted by Crippen LogP contribution is 2.26. The van der Waals surface area contributed by atoms with Crippen molar-refractivity contribution < 1.29 is 9.53 Å². The third kappa shape index (κ3) is 2.64. The highest BCUT2D eigenvalue weighted by Gasteiger charge is 2.04. The molecule has 0 bridgehead atoms. The minimum absolute atomic E-state index is 0.0583. The smallest absolute Gasteiger partial charge is 0.224 e. The predicted molar refractivity (Wildman–Crippen MR) is 56.9 cm³/mol. The number of carbonyl (C=O) groups excluding carboxylic acids is 1. The summed E-state index contributed by atoms with van der Waals surface area (Å²) in [6, 6.07) is 5.12. The summed E-state index contributed by atoms with van der Waals surface area (Å²) in [7, 11) is 1.57. The normalized spacial score (nSPS) is 9.64. The van der Waals surface area contributed by atoms with Crippen LogP contribution in [0.3, 0.4) is 0 Å². The van der Waals surface area contributed by atoms with Crippen LogP contribution in [-0.2, 0) is 4.79 Å². The Morgan fingerprint density at radius 2 is 2.29 bits per heavy atom. The molecule has 0 heterocycles. The molecule has 14 heavy (non-hydrogen) atoms. The molecule has 0 unspecified atom stereocenters. The van der Waals surface area contributed by atoms with Gasteiger partial charge in [0.2, 0.25) is 5.91 Å². The van der Waals surface area contributed by atoms with Gasteiger partial charge in [-0.15, -0.1) is 0 Å². The van der Waals surface area contributed by atoms with E-state index in [-0.39, 0.29) is 5.91 Å². The lowest BCUT2D eigenvalue weighted by atomic mass is 10.3. The van der Waals surface area contributed by atoms with Crippen LogP contribution in [-0.4, -0.2) is 13.0 Å². The molecule has 1 rings (SSSR count). The van der Waals surface area contributed by atoms with Crippen molar-refractivity contribution in [1.82, 2.24) is 0 Å². The SMILES string of the molecule is CCC(=O)Nc1ccc(OC)cc1Cl. The van der Waals surface area contributed by atoms with Crippen LogP contribution in [0.4, 0.5) is 5.69 Å². The molecule has 0 saturated carbocycles. The molecule has 1 amide bonds. The van der Waals surface area contributed by atoms with Gasteiger partial charge in [-0.1, -0.05) is 18.5 Å². The standard InChI is InChI=1S/C10H12ClNO2/c1-3-10(13)12-9-5-4-7(14-2)6-8(9)11/h4-6H,3H2,1-2H3,(H,12,13). The second kappa shape index (κ2) is 4.86. The summed E-state index contributed by atoms with van der Waals surface area (Å²) in [5.41, 5.74) is 0.610. The molecule has 0 atom stereocenters. The predicted octanol–water partition coefficient (Wildman–Crippen LogP) is 2.70. The first kappa shape index (κ1) is 10.9. The topological polar surface area (TPSA) is 38.3 Å². The summed E-state index contributed by atoms with van der Waals surface area (Å²) in [5.74, 6) is 0.613. The van der Waals surface area contributed by atoms with Gasteiger partial charge in [0.15, 0.2) is 0 Å². The second-order valence-electron chi connectivity index (χ2n) is 2.75. The number of ether oxygens (including phenoxy) is 1. The van der Waals surface area contributed by atoms with Crippen LogP contribution in [0.1, 0.15) is 13.3 Å². The summed E-state index contributed by atoms with van der Waals surface area (Å²) in [6.07, 6.45) is 0.433. The van der Waals surface area contributed by atoms with Crippen LogP contribution >= 0.6 is 11.6 Å². The molecular weight excluding hydrogens is 202 g/mol. The minimum atomic E-state index is -0.0583. The number of halogens is 1. The maximum Gasteiger partial charge on any atom is 0.224 e. The van der Waals surface area contributed by atoms with Crippen molar-refractivity contribution in [3.8, 4) is 5.75 Å². The first-order chi connectivity index (χ1) is 6.67. The molecule has 1 aromatic carbocycles. The number of nitrogens with one attached hydrogen (secondary N) is 1. The summed E-state index contributed by atoms with van der Waals surface area (Å²) in [5, 5.41) is 3.16. The number of amides is 1. The van der Waals surface area contributed by atoms with Gasteiger partial charge in [0.1, 0.15) is 5.75 Å². The van der Waals surface area contributed by atoms with Gasteiger partial charge < -0.3 is 10.1 Å². The van der Waals surface area contributed by atoms with Crippen LogP contribution in [0.2, 0.25) is 5.02 Å². The van der Waals surface area contributed by atoms with E-state index in [1.807, 2.05) is 0 Å². The van der Waals surface area contributed by atoms with Gasteiger partial charge in [-0.3, -0.25) is 4.79 Å². The van der Waals surface area contributed by atoms with Crippen LogP contribution in [0, 0.1) is 0 Å². The Morgan fingerprint density at radius 3 is 2.79 bits per heavy atom. The van der Waals surface area contributed by atoms with Crippen LogP contribution < -0.4 is 10.1 Å². The van der Waals surface area contributed by atoms with Gasteiger partial charge in [-0.25, -0.2) is 0 Å². The van der Waals surface area contributed by atoms with E-state index < -0.39 is 0 Å². The molecule has 76 valence electrons. The molecule has 0 radical (unpaired) electrons. The van der Waals surface area contributed by atoms with Crippen molar-refractivity contribution >= 4 is 23.2 Å². The molecule has 0 fully saturated rings. The molecule has 0 spiro atoms. The third-order valence-electron chi connectivity index (χ3n) is 1.77. The first-order valence-corrected chi connectivity index (χ1v) is 4.68. The van der Waals surface area contributed by atoms with Gasteiger partial charge >= 0.3 is 0 Å². The molecular formula is C10H12ClNO2. The zero-order valence-corrected chi connectivity index (χ0v) is 8.89. The van der Waals surface area contributed by atoms with E-state index >= 15 is 0 Å². The molecule has 0 aliphatic carbocycles. The minimum Gasteiger partial charge on any atom is -0.497 e. The van der Waals surface area contributed by atoms with E-state index in [1.165, 1.54) is 0 Å². The molecule has 3 nitrogen and oxygen atoms in total. The summed E-state index contributed by atoms with van der Waals surface area (Å²) < 4.78 is 4.98. The fourth-order valence-electron chi connectivity index (χ4n) is 0.963. The number of rotatable bonds is 3. The van der Waals surface area contributed by atoms with Crippen molar-refractivity contribution in [2.45, 2.75) is 13.3 Å². The molecule has 0 saturated heterocycles. The van der Waals surface area contributed by atoms with E-state index in [2.05, 4.69) is 5.32 Å². The lowest BCUT2D eigenvalue weighted by Gasteiger charge is -2.07. The lowest BCUT2D eigenvalue weighted by Crippen LogP contribution is -2.09. The van der Waals surface area contributed by atoms with E-state index in [0.29, 0.717) is 22.9 Å². The van der Waals surface area contributed by atoms with Crippen molar-refractivity contribution in [2.75, 3.05) is 12.4 Å². The highest BCUT2D eigenvalue weighted by atomic mass is 35.5. The van der Waals surface area contributed by atoms with E-state index in [4.69, 9.17) is 16.3 Å². The van der Waals surface area contributed by atoms with Crippen LogP contribution in [0.15, 0.2) is 18.2 Å². The highest BCUT2D eigenvalue weighted by molar-refractivity contribution is 6.33. The second-order valence-corrected chi connectivity index (χ2v) is 3.15. The molecule has 0 aliphatic heterocycles. The van der Waals surface area contributed by atoms with Crippen molar-refractivity contribution in [3.63, 3.8) is 0 Å². The molecule has 1 aromatic rings. The van der Waals surface area contributed by atoms with Gasteiger partial charge in [-0.2, -0.15) is 0 Å². The Labute approximate surface area is 88.0 Å². The summed E-state index contributed by atoms with van der Waals surface area (Å²) in [6.45, 7) is 1.78. The Hall–Kier alpha value is -1.22. The fraction of sp³-hybridized carbons (Fsp3) is 0.300. The monoisotopic (exact) mass is 213 g/mol. The maximum atomic E-state index is 11.1. The van der Waals surface area contributed by atoms with Gasteiger partial charge in [0, 0.05) is 12.5 Å². The van der Waals surface area contributed by atoms with E-state index in [1.54, 1.807) is 32.2 Å². The first-order valence-electron chi connectivity index (χ1n) is 4.30. The van der Waals surface area contributed by atoms with E-state index in [9.17, 15) is 4.79 Å². The average molecular weight is 214 g/mol. The molecule has 4 heteroatoms. The van der Waals surface area contributed by atoms with Gasteiger partial charge in [-0.05, 0) is 12.1 Å². The fourth-order valence-corrected chi connectivity index (χ4v) is 1.18. The number of hydrogen-bond donors (Lipinski definition) is 1. The summed E-state index contributed by atoms with van der Waals surface area (Å²) >= 11 is 5.91. The number of methoxy groups -OCH3 is 1. The van der Waals surface area contributed by atoms with Gasteiger partial charge in [0.25, 0.3) is 0 Å². The van der Waals surface area contributed by atoms with Crippen LogP contribution in [0.25, 0.3) is 0 Å². The number of carbonyl (C=O) groups is 1. The Kier molecular flexibility index (Phi) is 3.77. The van der Waals surface area contributed by atoms with Crippen molar-refractivity contribution in [2.24, 2.45) is 0 Å². The number of benzene rings is 1. The maximum absolute atomic E-state index is 11.1. The quantitative estimate of drug-likeness (QED) is 0.839. The number of anilines is 1. The van der Waals surface area contributed by atoms with E-state index in [0.717, 1.165) is 0 Å². The lowest BCUT2D eigenvalue weighted by molar-refractivity contribution is -0.115. The molecule has 0 aromatic heterocycles. The largest absolute Gasteiger partial charge is 0.497 e. The number of hydrogen-bond acceptors (Lipinski definition) is 2. The molecule has 0 aliphatic rings. The Bertz CT molecular complexity index is 339. The van der Waals surface area contributed by atoms with Crippen molar-refractivity contribution in [3.05, 3.63) is 23.2 Å². The third-order valence-corrected chi connectivity index (χ3v) is 2.08. The Balaban J connectivity index is 2.83. The van der Waals surface area contributed by atoms with Crippen molar-refractivity contribution in [1.29, 1.82) is 0 Å². The zero-order chi connectivity index (χ0) is 10.6. The Morgan fingerprint density at radius 1 is 1.57 bits per heavy atom. The zero-order valence-electron chi connectivity index (χ0n) is 8.13. The van der Waals surface area contributed by atoms with Gasteiger partial charge in [0.05, 0.1) is 17.8 Å².